The second-order valence-corrected chi connectivity index (χ2v) is 17.1. The van der Waals surface area contributed by atoms with E-state index in [1.807, 2.05) is 144 Å². The Morgan fingerprint density at radius 1 is 0.426 bits per heavy atom. The second-order valence-electron chi connectivity index (χ2n) is 17.1. The number of halogens is 3. The molecule has 1 unspecified atom stereocenters. The fourth-order valence-electron chi connectivity index (χ4n) is 10.2. The van der Waals surface area contributed by atoms with Crippen molar-refractivity contribution >= 4 is 27.5 Å². The molecule has 0 saturated carbocycles. The Bertz CT molecular complexity index is 3810. The van der Waals surface area contributed by atoms with Crippen molar-refractivity contribution in [2.24, 2.45) is 0 Å². The Balaban J connectivity index is 1.06. The molecule has 0 spiro atoms. The number of aromatic nitrogens is 3. The Morgan fingerprint density at radius 3 is 1.68 bits per heavy atom. The van der Waals surface area contributed by atoms with Gasteiger partial charge in [0.05, 0.1) is 34.6 Å². The summed E-state index contributed by atoms with van der Waals surface area (Å²) in [6.07, 6.45) is -1.02. The third kappa shape index (κ3) is 6.85. The Hall–Kier alpha value is -8.86. The molecule has 0 bridgehead atoms. The van der Waals surface area contributed by atoms with Crippen molar-refractivity contribution in [3.63, 3.8) is 0 Å². The predicted molar refractivity (Wildman–Crippen MR) is 268 cm³/mol. The first-order valence-electron chi connectivity index (χ1n) is 22.3. The molecule has 322 valence electrons. The van der Waals surface area contributed by atoms with Gasteiger partial charge in [-0.25, -0.2) is 4.85 Å². The van der Waals surface area contributed by atoms with Gasteiger partial charge in [-0.15, -0.1) is 0 Å². The number of rotatable bonds is 7. The summed E-state index contributed by atoms with van der Waals surface area (Å²) >= 11 is 0. The largest absolute Gasteiger partial charge is 0.417 e. The third-order valence-electron chi connectivity index (χ3n) is 13.3. The van der Waals surface area contributed by atoms with E-state index in [0.717, 1.165) is 94.9 Å². The zero-order valence-electron chi connectivity index (χ0n) is 36.3. The van der Waals surface area contributed by atoms with E-state index < -0.39 is 17.7 Å². The van der Waals surface area contributed by atoms with Crippen molar-refractivity contribution in [1.29, 1.82) is 0 Å². The van der Waals surface area contributed by atoms with Crippen LogP contribution in [0, 0.1) is 6.57 Å². The molecular formula is C61H37F3N4. The highest BCUT2D eigenvalue weighted by molar-refractivity contribution is 6.11. The van der Waals surface area contributed by atoms with Gasteiger partial charge >= 0.3 is 6.18 Å². The lowest BCUT2D eigenvalue weighted by molar-refractivity contribution is -0.137. The topological polar surface area (TPSA) is 35.1 Å². The number of hydrogen-bond donors (Lipinski definition) is 0. The van der Waals surface area contributed by atoms with Gasteiger partial charge in [-0.3, -0.25) is 9.97 Å². The Labute approximate surface area is 390 Å². The monoisotopic (exact) mass is 882 g/mol. The van der Waals surface area contributed by atoms with Gasteiger partial charge in [0.25, 0.3) is 0 Å². The first-order valence-corrected chi connectivity index (χ1v) is 22.3. The lowest BCUT2D eigenvalue weighted by atomic mass is 9.85. The van der Waals surface area contributed by atoms with Crippen molar-refractivity contribution < 1.29 is 13.2 Å². The van der Waals surface area contributed by atoms with Crippen molar-refractivity contribution in [3.8, 4) is 72.7 Å². The minimum absolute atomic E-state index is 0.0364. The molecule has 1 atom stereocenters. The first kappa shape index (κ1) is 40.6. The van der Waals surface area contributed by atoms with Gasteiger partial charge in [-0.1, -0.05) is 146 Å². The van der Waals surface area contributed by atoms with Gasteiger partial charge in [0.1, 0.15) is 0 Å². The van der Waals surface area contributed by atoms with Gasteiger partial charge in [0.15, 0.2) is 5.69 Å². The average molecular weight is 883 g/mol. The maximum atomic E-state index is 15.2. The van der Waals surface area contributed by atoms with Crippen LogP contribution in [-0.2, 0) is 6.18 Å². The Morgan fingerprint density at radius 2 is 0.985 bits per heavy atom. The maximum absolute atomic E-state index is 15.2. The molecule has 4 nitrogen and oxygen atoms in total. The first-order chi connectivity index (χ1) is 33.3. The number of pyridine rings is 2. The van der Waals surface area contributed by atoms with Crippen LogP contribution in [0.1, 0.15) is 28.2 Å². The van der Waals surface area contributed by atoms with Crippen LogP contribution in [0.3, 0.4) is 0 Å². The van der Waals surface area contributed by atoms with E-state index in [0.29, 0.717) is 22.5 Å². The Kier molecular flexibility index (Phi) is 9.70. The molecule has 1 aliphatic rings. The second kappa shape index (κ2) is 16.2. The van der Waals surface area contributed by atoms with Crippen LogP contribution >= 0.6 is 0 Å². The quantitative estimate of drug-likeness (QED) is 0.150. The van der Waals surface area contributed by atoms with Gasteiger partial charge < -0.3 is 4.57 Å². The molecule has 12 rings (SSSR count). The average Bonchev–Trinajstić information content (AvgIpc) is 3.90. The lowest BCUT2D eigenvalue weighted by Crippen LogP contribution is -2.09. The molecule has 1 aliphatic carbocycles. The number of nitrogens with zero attached hydrogens (tertiary/aromatic N) is 4. The molecule has 7 heteroatoms. The summed E-state index contributed by atoms with van der Waals surface area (Å²) in [7, 11) is 0. The highest BCUT2D eigenvalue weighted by Crippen LogP contribution is 2.53. The fraction of sp³-hybridized carbons (Fsp3) is 0.0328. The van der Waals surface area contributed by atoms with Gasteiger partial charge in [0.2, 0.25) is 0 Å². The van der Waals surface area contributed by atoms with E-state index in [9.17, 15) is 0 Å². The molecule has 3 heterocycles. The SMILES string of the molecule is [C-]#[N+]c1cc(-n2c3ccccc3c3cc(-c4ccnc(-c5ccccc5)c4)ccc32)c(-c2ccccc2C(F)(F)F)cc1C1c2ccccc2-c2cc(-c3ccnc(-c4ccccc4)c3)ccc21. The standard InChI is InChI=1S/C61H37F3N4/c1-65-56-37-59(68-57-23-13-11-20-46(57)50-33-41(25-27-58(50)68)43-29-31-67-55(35-43)39-16-6-3-7-17-39)51(45-19-10-12-22-53(45)61(62,63)64)36-52(56)60-47-21-9-8-18-44(47)49-32-40(24-26-48(49)60)42-28-30-66-54(34-42)38-14-4-2-5-15-38/h2-37,60H. The van der Waals surface area contributed by atoms with E-state index in [-0.39, 0.29) is 5.56 Å². The highest BCUT2D eigenvalue weighted by atomic mass is 19.4. The van der Waals surface area contributed by atoms with Crippen LogP contribution in [-0.4, -0.2) is 14.5 Å². The van der Waals surface area contributed by atoms with Crippen molar-refractivity contribution in [2.45, 2.75) is 12.1 Å². The molecule has 3 aromatic heterocycles. The van der Waals surface area contributed by atoms with Gasteiger partial charge in [-0.2, -0.15) is 13.2 Å². The summed E-state index contributed by atoms with van der Waals surface area (Å²) < 4.78 is 47.7. The summed E-state index contributed by atoms with van der Waals surface area (Å²) in [5.74, 6) is -0.427. The summed E-state index contributed by atoms with van der Waals surface area (Å²) in [5.41, 5.74) is 14.5. The van der Waals surface area contributed by atoms with Crippen molar-refractivity contribution in [3.05, 3.63) is 252 Å². The zero-order valence-corrected chi connectivity index (χ0v) is 36.3. The van der Waals surface area contributed by atoms with Gasteiger partial charge in [0, 0.05) is 51.5 Å². The molecule has 0 aliphatic heterocycles. The molecule has 68 heavy (non-hydrogen) atoms. The molecule has 11 aromatic rings. The van der Waals surface area contributed by atoms with Crippen LogP contribution in [0.4, 0.5) is 18.9 Å². The van der Waals surface area contributed by atoms with E-state index in [1.54, 1.807) is 18.2 Å². The molecule has 8 aromatic carbocycles. The molecule has 0 fully saturated rings. The number of hydrogen-bond acceptors (Lipinski definition) is 2. The zero-order chi connectivity index (χ0) is 45.9. The smallest absolute Gasteiger partial charge is 0.310 e. The maximum Gasteiger partial charge on any atom is 0.417 e. The third-order valence-corrected chi connectivity index (χ3v) is 13.3. The summed E-state index contributed by atoms with van der Waals surface area (Å²) in [4.78, 5) is 13.5. The molecule has 0 N–H and O–H groups in total. The van der Waals surface area contributed by atoms with E-state index in [1.165, 1.54) is 6.07 Å². The lowest BCUT2D eigenvalue weighted by Gasteiger charge is -2.23. The van der Waals surface area contributed by atoms with Crippen LogP contribution in [0.25, 0.3) is 99.4 Å². The normalized spacial score (nSPS) is 13.1. The van der Waals surface area contributed by atoms with Gasteiger partial charge in [-0.05, 0) is 116 Å². The number of fused-ring (bicyclic) bond motifs is 6. The minimum Gasteiger partial charge on any atom is -0.310 e. The van der Waals surface area contributed by atoms with E-state index in [4.69, 9.17) is 6.57 Å². The van der Waals surface area contributed by atoms with E-state index >= 15 is 13.2 Å². The highest BCUT2D eigenvalue weighted by Gasteiger charge is 2.36. The molecule has 0 amide bonds. The number of alkyl halides is 3. The summed E-state index contributed by atoms with van der Waals surface area (Å²) in [6, 6.07) is 66.4. The summed E-state index contributed by atoms with van der Waals surface area (Å²) in [6.45, 7) is 8.75. The minimum atomic E-state index is -4.65. The number of benzene rings is 8. The summed E-state index contributed by atoms with van der Waals surface area (Å²) in [5, 5.41) is 1.86. The fourth-order valence-corrected chi connectivity index (χ4v) is 10.2. The van der Waals surface area contributed by atoms with Crippen molar-refractivity contribution in [1.82, 2.24) is 14.5 Å². The van der Waals surface area contributed by atoms with Crippen molar-refractivity contribution in [2.75, 3.05) is 0 Å². The van der Waals surface area contributed by atoms with Crippen LogP contribution < -0.4 is 0 Å². The van der Waals surface area contributed by atoms with E-state index in [2.05, 4.69) is 63.3 Å². The number of para-hydroxylation sites is 1. The molecule has 0 radical (unpaired) electrons. The van der Waals surface area contributed by atoms with Crippen LogP contribution in [0.15, 0.2) is 219 Å². The molecular weight excluding hydrogens is 846 g/mol. The molecule has 0 saturated heterocycles. The van der Waals surface area contributed by atoms with Crippen LogP contribution in [0.5, 0.6) is 0 Å². The van der Waals surface area contributed by atoms with Crippen LogP contribution in [0.2, 0.25) is 0 Å². The predicted octanol–water partition coefficient (Wildman–Crippen LogP) is 16.6.